The summed E-state index contributed by atoms with van der Waals surface area (Å²) in [7, 11) is 0. The zero-order valence-electron chi connectivity index (χ0n) is 24.0. The van der Waals surface area contributed by atoms with Crippen molar-refractivity contribution in [2.45, 2.75) is 132 Å². The van der Waals surface area contributed by atoms with Crippen molar-refractivity contribution in [1.82, 2.24) is 0 Å². The first-order valence-corrected chi connectivity index (χ1v) is 14.3. The van der Waals surface area contributed by atoms with E-state index in [2.05, 4.69) is 62.3 Å². The van der Waals surface area contributed by atoms with Gasteiger partial charge in [0, 0.05) is 0 Å². The molecule has 200 valence electrons. The average molecular weight is 481 g/mol. The van der Waals surface area contributed by atoms with Crippen LogP contribution in [0.2, 0.25) is 0 Å². The van der Waals surface area contributed by atoms with Gasteiger partial charge in [0.1, 0.15) is 5.60 Å². The van der Waals surface area contributed by atoms with Crippen LogP contribution in [-0.4, -0.2) is 24.1 Å². The Balaban J connectivity index is 2.72. The number of ether oxygens (including phenoxy) is 2. The van der Waals surface area contributed by atoms with Gasteiger partial charge in [-0.2, -0.15) is 0 Å². The number of carbonyl (C=O) groups excluding carboxylic acids is 2. The molecular weight excluding hydrogens is 424 g/mol. The molecule has 3 atom stereocenters. The fourth-order valence-corrected chi connectivity index (χ4v) is 5.59. The monoisotopic (exact) mass is 480 g/mol. The number of rotatable bonds is 15. The fraction of sp³-hybridized carbons (Fsp3) is 0.933. The standard InChI is InChI=1S/C30H56O4/c1-10-12-17-33-28(31)27(19-22(5)6)24(9)20-25-13-15-30(11-2,16-14-25)34-29(32)26(23(7)8)18-21(3)4/h21-27H,10-20H2,1-9H3. The Bertz CT molecular complexity index is 587. The van der Waals surface area contributed by atoms with Crippen LogP contribution in [0.15, 0.2) is 0 Å². The molecule has 0 spiro atoms. The molecule has 0 N–H and O–H groups in total. The third kappa shape index (κ3) is 10.3. The lowest BCUT2D eigenvalue weighted by atomic mass is 9.72. The normalized spacial score (nSPS) is 23.7. The van der Waals surface area contributed by atoms with Crippen molar-refractivity contribution in [3.05, 3.63) is 0 Å². The van der Waals surface area contributed by atoms with Crippen LogP contribution in [-0.2, 0) is 19.1 Å². The van der Waals surface area contributed by atoms with Crippen molar-refractivity contribution in [3.8, 4) is 0 Å². The summed E-state index contributed by atoms with van der Waals surface area (Å²) in [6.07, 6.45) is 9.71. The molecule has 0 heterocycles. The van der Waals surface area contributed by atoms with Gasteiger partial charge in [-0.1, -0.05) is 68.7 Å². The Hall–Kier alpha value is -1.06. The summed E-state index contributed by atoms with van der Waals surface area (Å²) < 4.78 is 11.9. The lowest BCUT2D eigenvalue weighted by molar-refractivity contribution is -0.173. The quantitative estimate of drug-likeness (QED) is 0.175. The SMILES string of the molecule is CCCCOC(=O)C(CC(C)C)C(C)CC1CCC(CC)(OC(=O)C(CC(C)C)C(C)C)CC1. The van der Waals surface area contributed by atoms with Crippen molar-refractivity contribution < 1.29 is 19.1 Å². The highest BCUT2D eigenvalue weighted by atomic mass is 16.6. The molecule has 0 aliphatic heterocycles. The van der Waals surface area contributed by atoms with E-state index in [0.29, 0.717) is 36.2 Å². The number of hydrogen-bond acceptors (Lipinski definition) is 4. The Morgan fingerprint density at radius 2 is 1.41 bits per heavy atom. The molecule has 1 saturated carbocycles. The molecule has 1 aliphatic carbocycles. The molecule has 1 fully saturated rings. The largest absolute Gasteiger partial charge is 0.465 e. The topological polar surface area (TPSA) is 52.6 Å². The molecule has 1 aliphatic rings. The van der Waals surface area contributed by atoms with Crippen LogP contribution in [0.25, 0.3) is 0 Å². The zero-order valence-corrected chi connectivity index (χ0v) is 24.0. The molecule has 1 rings (SSSR count). The molecule has 4 nitrogen and oxygen atoms in total. The van der Waals surface area contributed by atoms with Gasteiger partial charge in [-0.25, -0.2) is 0 Å². The molecule has 0 bridgehead atoms. The van der Waals surface area contributed by atoms with E-state index in [1.54, 1.807) is 0 Å². The minimum Gasteiger partial charge on any atom is -0.465 e. The van der Waals surface area contributed by atoms with Crippen LogP contribution in [0.4, 0.5) is 0 Å². The third-order valence-electron chi connectivity index (χ3n) is 7.97. The smallest absolute Gasteiger partial charge is 0.309 e. The van der Waals surface area contributed by atoms with Gasteiger partial charge < -0.3 is 9.47 Å². The molecule has 4 heteroatoms. The fourth-order valence-electron chi connectivity index (χ4n) is 5.59. The van der Waals surface area contributed by atoms with E-state index in [-0.39, 0.29) is 29.4 Å². The molecule has 0 amide bonds. The summed E-state index contributed by atoms with van der Waals surface area (Å²) in [4.78, 5) is 25.9. The minimum atomic E-state index is -0.308. The van der Waals surface area contributed by atoms with Gasteiger partial charge in [-0.15, -0.1) is 0 Å². The van der Waals surface area contributed by atoms with Gasteiger partial charge in [-0.3, -0.25) is 9.59 Å². The van der Waals surface area contributed by atoms with Gasteiger partial charge in [0.05, 0.1) is 18.4 Å². The van der Waals surface area contributed by atoms with E-state index in [9.17, 15) is 9.59 Å². The highest BCUT2D eigenvalue weighted by Crippen LogP contribution is 2.42. The molecule has 0 aromatic heterocycles. The molecular formula is C30H56O4. The Morgan fingerprint density at radius 1 is 0.853 bits per heavy atom. The summed E-state index contributed by atoms with van der Waals surface area (Å²) in [5.41, 5.74) is -0.308. The van der Waals surface area contributed by atoms with Crippen molar-refractivity contribution in [2.75, 3.05) is 6.61 Å². The second kappa shape index (κ2) is 15.1. The van der Waals surface area contributed by atoms with Crippen molar-refractivity contribution in [1.29, 1.82) is 0 Å². The molecule has 0 radical (unpaired) electrons. The van der Waals surface area contributed by atoms with E-state index >= 15 is 0 Å². The average Bonchev–Trinajstić information content (AvgIpc) is 2.76. The molecule has 3 unspecified atom stereocenters. The maximum absolute atomic E-state index is 13.1. The molecule has 0 saturated heterocycles. The third-order valence-corrected chi connectivity index (χ3v) is 7.97. The van der Waals surface area contributed by atoms with Crippen LogP contribution in [0.5, 0.6) is 0 Å². The summed E-state index contributed by atoms with van der Waals surface area (Å²) in [5, 5.41) is 0. The van der Waals surface area contributed by atoms with E-state index in [1.165, 1.54) is 0 Å². The second-order valence-corrected chi connectivity index (χ2v) is 12.4. The summed E-state index contributed by atoms with van der Waals surface area (Å²) in [5.74, 6) is 2.13. The molecule has 34 heavy (non-hydrogen) atoms. The Morgan fingerprint density at radius 3 is 1.88 bits per heavy atom. The first-order chi connectivity index (χ1) is 15.9. The first-order valence-electron chi connectivity index (χ1n) is 14.3. The van der Waals surface area contributed by atoms with E-state index < -0.39 is 0 Å². The second-order valence-electron chi connectivity index (χ2n) is 12.4. The zero-order chi connectivity index (χ0) is 25.9. The highest BCUT2D eigenvalue weighted by Gasteiger charge is 2.40. The number of unbranched alkanes of at least 4 members (excludes halogenated alkanes) is 1. The van der Waals surface area contributed by atoms with E-state index in [1.807, 2.05) is 0 Å². The summed E-state index contributed by atoms with van der Waals surface area (Å²) >= 11 is 0. The van der Waals surface area contributed by atoms with Crippen LogP contribution < -0.4 is 0 Å². The van der Waals surface area contributed by atoms with Crippen LogP contribution in [0.3, 0.4) is 0 Å². The number of hydrogen-bond donors (Lipinski definition) is 0. The number of esters is 2. The van der Waals surface area contributed by atoms with Gasteiger partial charge >= 0.3 is 11.9 Å². The lowest BCUT2D eigenvalue weighted by Crippen LogP contribution is -2.41. The van der Waals surface area contributed by atoms with Gasteiger partial charge in [0.15, 0.2) is 0 Å². The molecule has 0 aromatic carbocycles. The predicted molar refractivity (Wildman–Crippen MR) is 141 cm³/mol. The summed E-state index contributed by atoms with van der Waals surface area (Å²) in [6, 6.07) is 0. The van der Waals surface area contributed by atoms with E-state index in [0.717, 1.165) is 64.2 Å². The predicted octanol–water partition coefficient (Wildman–Crippen LogP) is 8.22. The number of carbonyl (C=O) groups is 2. The van der Waals surface area contributed by atoms with Crippen LogP contribution in [0, 0.1) is 41.4 Å². The van der Waals surface area contributed by atoms with Gasteiger partial charge in [-0.05, 0) is 87.4 Å². The van der Waals surface area contributed by atoms with Crippen molar-refractivity contribution in [3.63, 3.8) is 0 Å². The first kappa shape index (κ1) is 31.0. The van der Waals surface area contributed by atoms with E-state index in [4.69, 9.17) is 9.47 Å². The van der Waals surface area contributed by atoms with Gasteiger partial charge in [0.2, 0.25) is 0 Å². The van der Waals surface area contributed by atoms with Crippen molar-refractivity contribution >= 4 is 11.9 Å². The van der Waals surface area contributed by atoms with Gasteiger partial charge in [0.25, 0.3) is 0 Å². The Kier molecular flexibility index (Phi) is 13.8. The van der Waals surface area contributed by atoms with Crippen molar-refractivity contribution in [2.24, 2.45) is 41.4 Å². The molecule has 0 aromatic rings. The highest BCUT2D eigenvalue weighted by molar-refractivity contribution is 5.73. The lowest BCUT2D eigenvalue weighted by Gasteiger charge is -2.41. The maximum Gasteiger partial charge on any atom is 0.309 e. The maximum atomic E-state index is 13.1. The van der Waals surface area contributed by atoms with Crippen LogP contribution >= 0.6 is 0 Å². The summed E-state index contributed by atoms with van der Waals surface area (Å²) in [6.45, 7) is 20.0. The Labute approximate surface area is 211 Å². The minimum absolute atomic E-state index is 0.00388. The van der Waals surface area contributed by atoms with Crippen LogP contribution in [0.1, 0.15) is 127 Å².